The molecule has 1 fully saturated rings. The monoisotopic (exact) mass is 271 g/mol. The Bertz CT molecular complexity index is 518. The molecule has 0 amide bonds. The van der Waals surface area contributed by atoms with Crippen LogP contribution in [0.15, 0.2) is 34.9 Å². The number of hydrogen-bond acceptors (Lipinski definition) is 4. The van der Waals surface area contributed by atoms with Crippen molar-refractivity contribution >= 4 is 0 Å². The van der Waals surface area contributed by atoms with E-state index in [2.05, 4.69) is 27.6 Å². The fourth-order valence-corrected chi connectivity index (χ4v) is 2.75. The molecule has 1 heterocycles. The number of aromatic nitrogens is 2. The maximum absolute atomic E-state index is 5.30. The van der Waals surface area contributed by atoms with Crippen LogP contribution >= 0.6 is 0 Å². The van der Waals surface area contributed by atoms with E-state index in [0.29, 0.717) is 18.5 Å². The zero-order valence-corrected chi connectivity index (χ0v) is 11.7. The van der Waals surface area contributed by atoms with E-state index in [4.69, 9.17) is 4.52 Å². The number of hydrogen-bond donors (Lipinski definition) is 1. The minimum Gasteiger partial charge on any atom is -0.338 e. The van der Waals surface area contributed by atoms with Crippen LogP contribution in [-0.2, 0) is 13.0 Å². The lowest BCUT2D eigenvalue weighted by Crippen LogP contribution is -2.30. The molecular weight excluding hydrogens is 250 g/mol. The van der Waals surface area contributed by atoms with Gasteiger partial charge in [0.05, 0.1) is 6.54 Å². The van der Waals surface area contributed by atoms with E-state index in [-0.39, 0.29) is 0 Å². The van der Waals surface area contributed by atoms with Gasteiger partial charge in [-0.15, -0.1) is 0 Å². The predicted octanol–water partition coefficient (Wildman–Crippen LogP) is 3.08. The van der Waals surface area contributed by atoms with Crippen LogP contribution < -0.4 is 5.32 Å². The second-order valence-corrected chi connectivity index (χ2v) is 5.48. The normalized spacial score (nSPS) is 16.4. The highest BCUT2D eigenvalue weighted by Gasteiger charge is 2.14. The van der Waals surface area contributed by atoms with Gasteiger partial charge in [0.25, 0.3) is 0 Å². The highest BCUT2D eigenvalue weighted by molar-refractivity contribution is 5.18. The van der Waals surface area contributed by atoms with Crippen LogP contribution in [0.4, 0.5) is 0 Å². The molecule has 1 aliphatic carbocycles. The van der Waals surface area contributed by atoms with Gasteiger partial charge < -0.3 is 9.84 Å². The summed E-state index contributed by atoms with van der Waals surface area (Å²) >= 11 is 0. The standard InChI is InChI=1S/C16H21N3O/c1-3-7-13(8-4-1)11-15-18-16(20-19-15)12-17-14-9-5-2-6-10-14/h1,3-4,7-8,14,17H,2,5-6,9-12H2. The summed E-state index contributed by atoms with van der Waals surface area (Å²) in [6.07, 6.45) is 7.31. The van der Waals surface area contributed by atoms with E-state index in [1.165, 1.54) is 37.7 Å². The van der Waals surface area contributed by atoms with Gasteiger partial charge in [0, 0.05) is 12.5 Å². The van der Waals surface area contributed by atoms with Gasteiger partial charge in [-0.05, 0) is 18.4 Å². The Morgan fingerprint density at radius 1 is 1.10 bits per heavy atom. The van der Waals surface area contributed by atoms with Crippen LogP contribution in [0.3, 0.4) is 0 Å². The van der Waals surface area contributed by atoms with Gasteiger partial charge in [0.1, 0.15) is 0 Å². The molecule has 20 heavy (non-hydrogen) atoms. The summed E-state index contributed by atoms with van der Waals surface area (Å²) in [5.74, 6) is 1.46. The van der Waals surface area contributed by atoms with Crippen LogP contribution in [0.5, 0.6) is 0 Å². The molecule has 4 nitrogen and oxygen atoms in total. The highest BCUT2D eigenvalue weighted by Crippen LogP contribution is 2.17. The molecule has 0 unspecified atom stereocenters. The van der Waals surface area contributed by atoms with E-state index in [1.807, 2.05) is 18.2 Å². The van der Waals surface area contributed by atoms with Gasteiger partial charge in [0.15, 0.2) is 5.82 Å². The molecule has 4 heteroatoms. The van der Waals surface area contributed by atoms with Crippen LogP contribution in [0, 0.1) is 0 Å². The summed E-state index contributed by atoms with van der Waals surface area (Å²) in [7, 11) is 0. The van der Waals surface area contributed by atoms with Gasteiger partial charge in [-0.3, -0.25) is 0 Å². The van der Waals surface area contributed by atoms with E-state index < -0.39 is 0 Å². The fraction of sp³-hybridized carbons (Fsp3) is 0.500. The molecule has 106 valence electrons. The van der Waals surface area contributed by atoms with Crippen LogP contribution in [0.1, 0.15) is 49.4 Å². The van der Waals surface area contributed by atoms with Crippen molar-refractivity contribution in [3.8, 4) is 0 Å². The Morgan fingerprint density at radius 3 is 2.70 bits per heavy atom. The molecule has 1 N–H and O–H groups in total. The molecule has 2 aromatic rings. The maximum atomic E-state index is 5.30. The first-order chi connectivity index (χ1) is 9.90. The predicted molar refractivity (Wildman–Crippen MR) is 77.3 cm³/mol. The second-order valence-electron chi connectivity index (χ2n) is 5.48. The van der Waals surface area contributed by atoms with Crippen molar-refractivity contribution in [2.75, 3.05) is 0 Å². The topological polar surface area (TPSA) is 51.0 Å². The van der Waals surface area contributed by atoms with Crippen molar-refractivity contribution in [3.05, 3.63) is 47.6 Å². The Hall–Kier alpha value is -1.68. The highest BCUT2D eigenvalue weighted by atomic mass is 16.5. The molecule has 0 saturated heterocycles. The zero-order valence-electron chi connectivity index (χ0n) is 11.7. The largest absolute Gasteiger partial charge is 0.338 e. The molecule has 0 bridgehead atoms. The molecule has 0 atom stereocenters. The van der Waals surface area contributed by atoms with E-state index in [9.17, 15) is 0 Å². The average Bonchev–Trinajstić information content (AvgIpc) is 2.95. The Kier molecular flexibility index (Phi) is 4.43. The first kappa shape index (κ1) is 13.3. The lowest BCUT2D eigenvalue weighted by atomic mass is 9.95. The van der Waals surface area contributed by atoms with Crippen LogP contribution in [0.2, 0.25) is 0 Å². The van der Waals surface area contributed by atoms with Gasteiger partial charge in [-0.2, -0.15) is 4.98 Å². The summed E-state index contributed by atoms with van der Waals surface area (Å²) in [6.45, 7) is 0.687. The lowest BCUT2D eigenvalue weighted by molar-refractivity contribution is 0.326. The summed E-state index contributed by atoms with van der Waals surface area (Å²) < 4.78 is 5.30. The van der Waals surface area contributed by atoms with Gasteiger partial charge >= 0.3 is 0 Å². The third-order valence-electron chi connectivity index (χ3n) is 3.86. The maximum Gasteiger partial charge on any atom is 0.240 e. The average molecular weight is 271 g/mol. The zero-order chi connectivity index (χ0) is 13.6. The van der Waals surface area contributed by atoms with Gasteiger partial charge in [-0.25, -0.2) is 0 Å². The first-order valence-corrected chi connectivity index (χ1v) is 7.49. The third kappa shape index (κ3) is 3.67. The second kappa shape index (κ2) is 6.66. The molecule has 0 aliphatic heterocycles. The number of benzene rings is 1. The molecule has 0 radical (unpaired) electrons. The number of rotatable bonds is 5. The number of nitrogens with one attached hydrogen (secondary N) is 1. The van der Waals surface area contributed by atoms with Crippen molar-refractivity contribution in [1.29, 1.82) is 0 Å². The number of nitrogens with zero attached hydrogens (tertiary/aromatic N) is 2. The minimum atomic E-state index is 0.619. The Morgan fingerprint density at radius 2 is 1.90 bits per heavy atom. The summed E-state index contributed by atoms with van der Waals surface area (Å²) in [5.41, 5.74) is 1.21. The molecule has 1 saturated carbocycles. The molecular formula is C16H21N3O. The van der Waals surface area contributed by atoms with E-state index >= 15 is 0 Å². The molecule has 3 rings (SSSR count). The van der Waals surface area contributed by atoms with Crippen LogP contribution in [-0.4, -0.2) is 16.2 Å². The van der Waals surface area contributed by atoms with Crippen LogP contribution in [0.25, 0.3) is 0 Å². The smallest absolute Gasteiger partial charge is 0.240 e. The minimum absolute atomic E-state index is 0.619. The Balaban J connectivity index is 1.51. The Labute approximate surface area is 119 Å². The molecule has 0 spiro atoms. The van der Waals surface area contributed by atoms with Gasteiger partial charge in [0.2, 0.25) is 5.89 Å². The van der Waals surface area contributed by atoms with Crippen molar-refractivity contribution in [2.24, 2.45) is 0 Å². The lowest BCUT2D eigenvalue weighted by Gasteiger charge is -2.21. The van der Waals surface area contributed by atoms with Crippen molar-refractivity contribution in [2.45, 2.75) is 51.1 Å². The molecule has 1 aliphatic rings. The fourth-order valence-electron chi connectivity index (χ4n) is 2.75. The van der Waals surface area contributed by atoms with E-state index in [0.717, 1.165) is 12.2 Å². The summed E-state index contributed by atoms with van der Waals surface area (Å²) in [6, 6.07) is 10.8. The summed E-state index contributed by atoms with van der Waals surface area (Å²) in [5, 5.41) is 7.57. The first-order valence-electron chi connectivity index (χ1n) is 7.49. The van der Waals surface area contributed by atoms with Crippen molar-refractivity contribution in [1.82, 2.24) is 15.5 Å². The SMILES string of the molecule is c1ccc(Cc2noc(CNC3CCCCC3)n2)cc1. The van der Waals surface area contributed by atoms with E-state index in [1.54, 1.807) is 0 Å². The third-order valence-corrected chi connectivity index (χ3v) is 3.86. The van der Waals surface area contributed by atoms with Gasteiger partial charge in [-0.1, -0.05) is 54.8 Å². The molecule has 1 aromatic carbocycles. The van der Waals surface area contributed by atoms with Crippen molar-refractivity contribution < 1.29 is 4.52 Å². The quantitative estimate of drug-likeness (QED) is 0.908. The van der Waals surface area contributed by atoms with Crippen molar-refractivity contribution in [3.63, 3.8) is 0 Å². The molecule has 1 aromatic heterocycles. The summed E-state index contributed by atoms with van der Waals surface area (Å²) in [4.78, 5) is 4.45.